The molecule has 0 unspecified atom stereocenters. The molecule has 0 radical (unpaired) electrons. The summed E-state index contributed by atoms with van der Waals surface area (Å²) < 4.78 is 26.8. The van der Waals surface area contributed by atoms with E-state index in [2.05, 4.69) is 25.8 Å². The highest BCUT2D eigenvalue weighted by Gasteiger charge is 2.34. The van der Waals surface area contributed by atoms with Crippen LogP contribution in [0.4, 0.5) is 13.9 Å². The van der Waals surface area contributed by atoms with Crippen LogP contribution in [-0.4, -0.2) is 31.1 Å². The maximum absolute atomic E-state index is 12.6. The number of carbonyl (C=O) groups is 1. The Labute approximate surface area is 144 Å². The van der Waals surface area contributed by atoms with Crippen LogP contribution in [0.25, 0.3) is 5.69 Å². The molecule has 1 N–H and O–H groups in total. The number of rotatable bonds is 5. The van der Waals surface area contributed by atoms with Crippen LogP contribution in [0.15, 0.2) is 30.3 Å². The van der Waals surface area contributed by atoms with Crippen molar-refractivity contribution in [3.63, 3.8) is 0 Å². The van der Waals surface area contributed by atoms with E-state index in [9.17, 15) is 13.6 Å². The minimum Gasteiger partial charge on any atom is -0.295 e. The highest BCUT2D eigenvalue weighted by atomic mass is 32.1. The lowest BCUT2D eigenvalue weighted by Crippen LogP contribution is -2.15. The number of anilines is 1. The molecule has 1 aliphatic carbocycles. The number of carbonyl (C=O) groups excluding carboxylic acids is 1. The summed E-state index contributed by atoms with van der Waals surface area (Å²) in [4.78, 5) is 12.5. The zero-order chi connectivity index (χ0) is 17.4. The number of para-hydroxylation sites is 1. The smallest absolute Gasteiger partial charge is 0.291 e. The van der Waals surface area contributed by atoms with Crippen molar-refractivity contribution >= 4 is 22.4 Å². The first kappa shape index (κ1) is 15.8. The molecule has 1 aromatic carbocycles. The van der Waals surface area contributed by atoms with E-state index in [4.69, 9.17) is 0 Å². The zero-order valence-corrected chi connectivity index (χ0v) is 13.6. The van der Waals surface area contributed by atoms with Crippen molar-refractivity contribution in [3.8, 4) is 5.69 Å². The van der Waals surface area contributed by atoms with E-state index in [1.165, 1.54) is 0 Å². The van der Waals surface area contributed by atoms with Gasteiger partial charge in [-0.3, -0.25) is 10.1 Å². The van der Waals surface area contributed by atoms with Crippen molar-refractivity contribution < 1.29 is 13.6 Å². The first-order chi connectivity index (χ1) is 12.1. The Kier molecular flexibility index (Phi) is 3.96. The van der Waals surface area contributed by atoms with Crippen LogP contribution in [0.2, 0.25) is 0 Å². The second-order valence-electron chi connectivity index (χ2n) is 5.55. The number of alkyl halides is 2. The molecule has 0 spiro atoms. The van der Waals surface area contributed by atoms with Crippen LogP contribution in [-0.2, 0) is 0 Å². The van der Waals surface area contributed by atoms with Gasteiger partial charge < -0.3 is 0 Å². The van der Waals surface area contributed by atoms with Gasteiger partial charge in [0.15, 0.2) is 10.7 Å². The lowest BCUT2D eigenvalue weighted by Gasteiger charge is -2.06. The third-order valence-corrected chi connectivity index (χ3v) is 4.58. The predicted octanol–water partition coefficient (Wildman–Crippen LogP) is 3.19. The normalized spacial score (nSPS) is 14.0. The number of hydrogen-bond acceptors (Lipinski definition) is 6. The second-order valence-corrected chi connectivity index (χ2v) is 6.55. The summed E-state index contributed by atoms with van der Waals surface area (Å²) in [6.45, 7) is 0. The SMILES string of the molecule is O=C(Nc1nnc(C(F)F)s1)c1nnn(-c2ccccc2)c1C1CC1. The molecule has 0 atom stereocenters. The van der Waals surface area contributed by atoms with E-state index in [0.717, 1.165) is 24.2 Å². The Morgan fingerprint density at radius 2 is 1.96 bits per heavy atom. The molecule has 2 aromatic heterocycles. The van der Waals surface area contributed by atoms with E-state index in [0.29, 0.717) is 11.3 Å². The molecule has 1 aliphatic rings. The second kappa shape index (κ2) is 6.28. The van der Waals surface area contributed by atoms with Gasteiger partial charge >= 0.3 is 0 Å². The molecule has 1 fully saturated rings. The van der Waals surface area contributed by atoms with Crippen molar-refractivity contribution in [2.75, 3.05) is 5.32 Å². The van der Waals surface area contributed by atoms with Gasteiger partial charge in [0.2, 0.25) is 5.13 Å². The number of hydrogen-bond donors (Lipinski definition) is 1. The van der Waals surface area contributed by atoms with Crippen LogP contribution in [0.1, 0.15) is 46.4 Å². The Morgan fingerprint density at radius 1 is 1.20 bits per heavy atom. The minimum absolute atomic E-state index is 0.0105. The molecule has 0 aliphatic heterocycles. The van der Waals surface area contributed by atoms with Crippen LogP contribution < -0.4 is 5.32 Å². The fraction of sp³-hybridized carbons (Fsp3) is 0.267. The van der Waals surface area contributed by atoms with Crippen molar-refractivity contribution in [3.05, 3.63) is 46.7 Å². The largest absolute Gasteiger partial charge is 0.295 e. The maximum Gasteiger partial charge on any atom is 0.291 e. The molecule has 0 bridgehead atoms. The summed E-state index contributed by atoms with van der Waals surface area (Å²) in [5.74, 6) is -0.317. The highest BCUT2D eigenvalue weighted by Crippen LogP contribution is 2.42. The monoisotopic (exact) mass is 362 g/mol. The molecule has 10 heteroatoms. The number of nitrogens with zero attached hydrogens (tertiary/aromatic N) is 5. The number of halogens is 2. The summed E-state index contributed by atoms with van der Waals surface area (Å²) in [5.41, 5.74) is 1.72. The van der Waals surface area contributed by atoms with Crippen LogP contribution in [0.5, 0.6) is 0 Å². The molecule has 3 aromatic rings. The molecule has 1 amide bonds. The number of amides is 1. The molecule has 7 nitrogen and oxygen atoms in total. The van der Waals surface area contributed by atoms with E-state index in [1.807, 2.05) is 30.3 Å². The lowest BCUT2D eigenvalue weighted by molar-refractivity contribution is 0.102. The van der Waals surface area contributed by atoms with Gasteiger partial charge in [0.1, 0.15) is 0 Å². The quantitative estimate of drug-likeness (QED) is 0.753. The van der Waals surface area contributed by atoms with Crippen molar-refractivity contribution in [2.45, 2.75) is 25.2 Å². The number of aromatic nitrogens is 5. The van der Waals surface area contributed by atoms with Crippen molar-refractivity contribution in [2.24, 2.45) is 0 Å². The summed E-state index contributed by atoms with van der Waals surface area (Å²) in [7, 11) is 0. The molecule has 2 heterocycles. The van der Waals surface area contributed by atoms with Crippen LogP contribution >= 0.6 is 11.3 Å². The third-order valence-electron chi connectivity index (χ3n) is 3.73. The molecule has 0 saturated heterocycles. The fourth-order valence-corrected chi connectivity index (χ4v) is 3.06. The maximum atomic E-state index is 12.6. The first-order valence-electron chi connectivity index (χ1n) is 7.57. The molecule has 25 heavy (non-hydrogen) atoms. The summed E-state index contributed by atoms with van der Waals surface area (Å²) in [6.07, 6.45) is -0.812. The molecule has 1 saturated carbocycles. The lowest BCUT2D eigenvalue weighted by atomic mass is 10.2. The molecular weight excluding hydrogens is 350 g/mol. The van der Waals surface area contributed by atoms with E-state index >= 15 is 0 Å². The van der Waals surface area contributed by atoms with E-state index in [-0.39, 0.29) is 16.7 Å². The van der Waals surface area contributed by atoms with Gasteiger partial charge in [0.25, 0.3) is 12.3 Å². The molecule has 128 valence electrons. The Hall–Kier alpha value is -2.75. The van der Waals surface area contributed by atoms with E-state index < -0.39 is 17.3 Å². The Morgan fingerprint density at radius 3 is 2.60 bits per heavy atom. The van der Waals surface area contributed by atoms with Gasteiger partial charge in [-0.05, 0) is 25.0 Å². The van der Waals surface area contributed by atoms with Crippen LogP contribution in [0, 0.1) is 0 Å². The molecule has 4 rings (SSSR count). The standard InChI is InChI=1S/C15H12F2N6OS/c16-12(17)14-20-21-15(25-14)18-13(24)10-11(8-6-7-8)23(22-19-10)9-4-2-1-3-5-9/h1-5,8,12H,6-7H2,(H,18,21,24). The van der Waals surface area contributed by atoms with Crippen molar-refractivity contribution in [1.82, 2.24) is 25.2 Å². The number of benzene rings is 1. The predicted molar refractivity (Wildman–Crippen MR) is 86.2 cm³/mol. The van der Waals surface area contributed by atoms with Gasteiger partial charge in [0.05, 0.1) is 11.4 Å². The Balaban J connectivity index is 1.63. The Bertz CT molecular complexity index is 906. The average molecular weight is 362 g/mol. The average Bonchev–Trinajstić information content (AvgIpc) is 3.17. The molecular formula is C15H12F2N6OS. The van der Waals surface area contributed by atoms with Gasteiger partial charge in [-0.15, -0.1) is 15.3 Å². The topological polar surface area (TPSA) is 85.6 Å². The zero-order valence-electron chi connectivity index (χ0n) is 12.8. The van der Waals surface area contributed by atoms with E-state index in [1.54, 1.807) is 4.68 Å². The summed E-state index contributed by atoms with van der Waals surface area (Å²) in [5, 5.41) is 17.1. The van der Waals surface area contributed by atoms with Gasteiger partial charge in [-0.1, -0.05) is 34.7 Å². The summed E-state index contributed by atoms with van der Waals surface area (Å²) >= 11 is 0.638. The summed E-state index contributed by atoms with van der Waals surface area (Å²) in [6, 6.07) is 9.39. The first-order valence-corrected chi connectivity index (χ1v) is 8.39. The van der Waals surface area contributed by atoms with Gasteiger partial charge in [0, 0.05) is 5.92 Å². The van der Waals surface area contributed by atoms with Gasteiger partial charge in [-0.25, -0.2) is 13.5 Å². The van der Waals surface area contributed by atoms with Crippen LogP contribution in [0.3, 0.4) is 0 Å². The fourth-order valence-electron chi connectivity index (χ4n) is 2.46. The third kappa shape index (κ3) is 3.12. The minimum atomic E-state index is -2.72. The van der Waals surface area contributed by atoms with Gasteiger partial charge in [-0.2, -0.15) is 0 Å². The number of nitrogens with one attached hydrogen (secondary N) is 1. The highest BCUT2D eigenvalue weighted by molar-refractivity contribution is 7.15. The van der Waals surface area contributed by atoms with Crippen molar-refractivity contribution in [1.29, 1.82) is 0 Å².